The van der Waals surface area contributed by atoms with Crippen molar-refractivity contribution in [1.29, 1.82) is 0 Å². The van der Waals surface area contributed by atoms with Crippen LogP contribution in [0.25, 0.3) is 10.9 Å². The Balaban J connectivity index is 1.37. The molecule has 6 nitrogen and oxygen atoms in total. The number of aromatic amines is 1. The Morgan fingerprint density at radius 1 is 1.28 bits per heavy atom. The van der Waals surface area contributed by atoms with E-state index in [1.54, 1.807) is 0 Å². The lowest BCUT2D eigenvalue weighted by Gasteiger charge is -2.25. The minimum Gasteiger partial charge on any atom is -0.445 e. The standard InChI is InChI=1S/C23H27N3O3/c1-13-4-5-14(2)22-21(13)17(15(3)24-22)10-20(27)26-8-6-19-18(11-26)25-23(29-19)16-7-9-28-12-16/h4-5,16,24H,6-12H2,1-3H3. The number of aryl methyl sites for hydroxylation is 3. The van der Waals surface area contributed by atoms with Gasteiger partial charge in [-0.05, 0) is 43.9 Å². The topological polar surface area (TPSA) is 71.4 Å². The average Bonchev–Trinajstić information content (AvgIpc) is 3.43. The lowest BCUT2D eigenvalue weighted by atomic mass is 10.0. The number of amides is 1. The molecule has 2 aliphatic rings. The summed E-state index contributed by atoms with van der Waals surface area (Å²) >= 11 is 0. The van der Waals surface area contributed by atoms with E-state index in [1.807, 2.05) is 4.90 Å². The first-order valence-electron chi connectivity index (χ1n) is 10.4. The van der Waals surface area contributed by atoms with Crippen molar-refractivity contribution in [3.8, 4) is 0 Å². The quantitative estimate of drug-likeness (QED) is 0.736. The number of carbonyl (C=O) groups excluding carboxylic acids is 1. The van der Waals surface area contributed by atoms with E-state index < -0.39 is 0 Å². The van der Waals surface area contributed by atoms with Gasteiger partial charge in [0.1, 0.15) is 11.5 Å². The van der Waals surface area contributed by atoms with Gasteiger partial charge >= 0.3 is 0 Å². The first-order chi connectivity index (χ1) is 14.0. The number of hydrogen-bond donors (Lipinski definition) is 1. The molecule has 1 unspecified atom stereocenters. The van der Waals surface area contributed by atoms with Crippen LogP contribution in [0.3, 0.4) is 0 Å². The van der Waals surface area contributed by atoms with Crippen LogP contribution in [-0.4, -0.2) is 40.5 Å². The van der Waals surface area contributed by atoms with Crippen molar-refractivity contribution in [2.24, 2.45) is 0 Å². The zero-order valence-electron chi connectivity index (χ0n) is 17.3. The fraction of sp³-hybridized carbons (Fsp3) is 0.478. The van der Waals surface area contributed by atoms with E-state index in [9.17, 15) is 4.79 Å². The molecule has 0 radical (unpaired) electrons. The van der Waals surface area contributed by atoms with E-state index in [0.29, 0.717) is 26.1 Å². The summed E-state index contributed by atoms with van der Waals surface area (Å²) in [6.45, 7) is 8.94. The second-order valence-corrected chi connectivity index (χ2v) is 8.40. The Bertz CT molecular complexity index is 1090. The Morgan fingerprint density at radius 3 is 2.90 bits per heavy atom. The van der Waals surface area contributed by atoms with Crippen molar-refractivity contribution < 1.29 is 13.9 Å². The Hall–Kier alpha value is -2.60. The molecule has 0 bridgehead atoms. The highest BCUT2D eigenvalue weighted by molar-refractivity contribution is 5.93. The summed E-state index contributed by atoms with van der Waals surface area (Å²) < 4.78 is 11.5. The summed E-state index contributed by atoms with van der Waals surface area (Å²) in [6, 6.07) is 4.26. The van der Waals surface area contributed by atoms with Gasteiger partial charge in [-0.2, -0.15) is 0 Å². The largest absolute Gasteiger partial charge is 0.445 e. The van der Waals surface area contributed by atoms with E-state index in [4.69, 9.17) is 14.1 Å². The van der Waals surface area contributed by atoms with Gasteiger partial charge in [0.25, 0.3) is 0 Å². The van der Waals surface area contributed by atoms with Crippen LogP contribution in [0, 0.1) is 20.8 Å². The number of H-pyrrole nitrogens is 1. The second-order valence-electron chi connectivity index (χ2n) is 8.40. The molecule has 0 aliphatic carbocycles. The fourth-order valence-corrected chi connectivity index (χ4v) is 4.63. The zero-order chi connectivity index (χ0) is 20.1. The molecule has 0 spiro atoms. The summed E-state index contributed by atoms with van der Waals surface area (Å²) in [5.74, 6) is 2.12. The van der Waals surface area contributed by atoms with Crippen LogP contribution in [0.15, 0.2) is 16.5 Å². The van der Waals surface area contributed by atoms with E-state index in [1.165, 1.54) is 16.5 Å². The molecule has 5 rings (SSSR count). The molecule has 152 valence electrons. The minimum atomic E-state index is 0.148. The fourth-order valence-electron chi connectivity index (χ4n) is 4.63. The van der Waals surface area contributed by atoms with Crippen LogP contribution in [0.1, 0.15) is 52.1 Å². The normalized spacial score (nSPS) is 19.1. The Kier molecular flexibility index (Phi) is 4.46. The monoisotopic (exact) mass is 393 g/mol. The number of carbonyl (C=O) groups is 1. The second kappa shape index (κ2) is 7.02. The molecular weight excluding hydrogens is 366 g/mol. The SMILES string of the molecule is Cc1[nH]c2c(C)ccc(C)c2c1CC(=O)N1CCc2oc(C3CCOC3)nc2C1. The van der Waals surface area contributed by atoms with Gasteiger partial charge in [-0.3, -0.25) is 4.79 Å². The molecule has 4 heterocycles. The molecule has 2 aliphatic heterocycles. The summed E-state index contributed by atoms with van der Waals surface area (Å²) in [7, 11) is 0. The molecule has 1 saturated heterocycles. The number of hydrogen-bond acceptors (Lipinski definition) is 4. The van der Waals surface area contributed by atoms with Gasteiger partial charge in [-0.25, -0.2) is 4.98 Å². The number of nitrogens with one attached hydrogen (secondary N) is 1. The molecule has 1 atom stereocenters. The smallest absolute Gasteiger partial charge is 0.227 e. The molecule has 2 aromatic heterocycles. The molecule has 1 aromatic carbocycles. The molecule has 1 amide bonds. The predicted octanol–water partition coefficient (Wildman–Crippen LogP) is 3.71. The minimum absolute atomic E-state index is 0.148. The summed E-state index contributed by atoms with van der Waals surface area (Å²) in [4.78, 5) is 23.3. The van der Waals surface area contributed by atoms with Crippen molar-refractivity contribution in [1.82, 2.24) is 14.9 Å². The summed E-state index contributed by atoms with van der Waals surface area (Å²) in [6.07, 6.45) is 2.10. The lowest BCUT2D eigenvalue weighted by molar-refractivity contribution is -0.131. The van der Waals surface area contributed by atoms with Crippen molar-refractivity contribution in [3.05, 3.63) is 51.9 Å². The first-order valence-corrected chi connectivity index (χ1v) is 10.4. The summed E-state index contributed by atoms with van der Waals surface area (Å²) in [5.41, 5.74) is 6.66. The van der Waals surface area contributed by atoms with E-state index in [2.05, 4.69) is 37.9 Å². The van der Waals surface area contributed by atoms with Crippen LogP contribution in [0.2, 0.25) is 0 Å². The van der Waals surface area contributed by atoms with Crippen LogP contribution < -0.4 is 0 Å². The van der Waals surface area contributed by atoms with Crippen LogP contribution in [0.4, 0.5) is 0 Å². The summed E-state index contributed by atoms with van der Waals surface area (Å²) in [5, 5.41) is 1.19. The third kappa shape index (κ3) is 3.15. The molecule has 1 N–H and O–H groups in total. The van der Waals surface area contributed by atoms with Crippen LogP contribution in [0.5, 0.6) is 0 Å². The predicted molar refractivity (Wildman–Crippen MR) is 110 cm³/mol. The van der Waals surface area contributed by atoms with Gasteiger partial charge in [-0.15, -0.1) is 0 Å². The van der Waals surface area contributed by atoms with Gasteiger partial charge in [0.05, 0.1) is 25.5 Å². The van der Waals surface area contributed by atoms with Gasteiger partial charge in [0.2, 0.25) is 5.91 Å². The zero-order valence-corrected chi connectivity index (χ0v) is 17.3. The highest BCUT2D eigenvalue weighted by atomic mass is 16.5. The highest BCUT2D eigenvalue weighted by Crippen LogP contribution is 2.31. The van der Waals surface area contributed by atoms with Crippen molar-refractivity contribution in [2.45, 2.75) is 52.5 Å². The maximum Gasteiger partial charge on any atom is 0.227 e. The molecule has 3 aromatic rings. The Morgan fingerprint density at radius 2 is 2.10 bits per heavy atom. The average molecular weight is 393 g/mol. The maximum atomic E-state index is 13.2. The first kappa shape index (κ1) is 18.4. The number of fused-ring (bicyclic) bond motifs is 2. The Labute approximate surface area is 170 Å². The molecular formula is C23H27N3O3. The molecule has 29 heavy (non-hydrogen) atoms. The third-order valence-electron chi connectivity index (χ3n) is 6.39. The lowest BCUT2D eigenvalue weighted by Crippen LogP contribution is -2.36. The van der Waals surface area contributed by atoms with Gasteiger partial charge in [0.15, 0.2) is 5.89 Å². The van der Waals surface area contributed by atoms with Crippen molar-refractivity contribution >= 4 is 16.8 Å². The van der Waals surface area contributed by atoms with Crippen LogP contribution in [-0.2, 0) is 28.9 Å². The highest BCUT2D eigenvalue weighted by Gasteiger charge is 2.30. The molecule has 0 saturated carbocycles. The number of oxazole rings is 1. The number of benzene rings is 1. The molecule has 6 heteroatoms. The van der Waals surface area contributed by atoms with E-state index in [-0.39, 0.29) is 11.8 Å². The van der Waals surface area contributed by atoms with Gasteiger partial charge < -0.3 is 19.0 Å². The van der Waals surface area contributed by atoms with Crippen molar-refractivity contribution in [2.75, 3.05) is 19.8 Å². The number of aromatic nitrogens is 2. The van der Waals surface area contributed by atoms with Gasteiger partial charge in [0, 0.05) is 36.2 Å². The van der Waals surface area contributed by atoms with Gasteiger partial charge in [-0.1, -0.05) is 12.1 Å². The maximum absolute atomic E-state index is 13.2. The number of ether oxygens (including phenoxy) is 1. The van der Waals surface area contributed by atoms with Crippen LogP contribution >= 0.6 is 0 Å². The number of nitrogens with zero attached hydrogens (tertiary/aromatic N) is 2. The van der Waals surface area contributed by atoms with E-state index >= 15 is 0 Å². The van der Waals surface area contributed by atoms with Crippen molar-refractivity contribution in [3.63, 3.8) is 0 Å². The third-order valence-corrected chi connectivity index (χ3v) is 6.39. The van der Waals surface area contributed by atoms with E-state index in [0.717, 1.165) is 53.6 Å². The number of rotatable bonds is 3. The molecule has 1 fully saturated rings.